The summed E-state index contributed by atoms with van der Waals surface area (Å²) in [6.45, 7) is 9.00. The van der Waals surface area contributed by atoms with Gasteiger partial charge in [-0.2, -0.15) is 0 Å². The normalized spacial score (nSPS) is 21.7. The second kappa shape index (κ2) is 9.16. The molecule has 2 aromatic rings. The van der Waals surface area contributed by atoms with E-state index in [9.17, 15) is 4.39 Å². The first kappa shape index (κ1) is 18.9. The molecule has 8 heteroatoms. The first-order valence-corrected chi connectivity index (χ1v) is 9.41. The summed E-state index contributed by atoms with van der Waals surface area (Å²) in [5.74, 6) is 0.598. The van der Waals surface area contributed by atoms with Gasteiger partial charge in [0.15, 0.2) is 6.04 Å². The first-order chi connectivity index (χ1) is 12.7. The molecule has 1 aliphatic heterocycles. The van der Waals surface area contributed by atoms with E-state index in [-0.39, 0.29) is 11.9 Å². The van der Waals surface area contributed by atoms with Crippen LogP contribution in [-0.4, -0.2) is 66.6 Å². The Kier molecular flexibility index (Phi) is 6.65. The summed E-state index contributed by atoms with van der Waals surface area (Å²) in [4.78, 5) is 3.10. The molecule has 1 aliphatic rings. The largest absolute Gasteiger partial charge is 0.383 e. The Bertz CT molecular complexity index is 669. The maximum atomic E-state index is 13.4. The van der Waals surface area contributed by atoms with Crippen LogP contribution in [0.4, 0.5) is 4.39 Å². The zero-order chi connectivity index (χ0) is 18.4. The molecule has 1 fully saturated rings. The second-order valence-electron chi connectivity index (χ2n) is 6.90. The molecule has 0 saturated carbocycles. The van der Waals surface area contributed by atoms with Gasteiger partial charge in [-0.1, -0.05) is 6.92 Å². The minimum atomic E-state index is -0.223. The molecule has 0 radical (unpaired) electrons. The standard InChI is InChI=1S/C18H27FN6O/c1-3-8-23-9-11-24(12-10-23)17(15-4-6-16(19)7-5-15)18-20-21-22-25(18)13-14-26-2/h4-7,17H,3,8-14H2,1-2H3/p+2/t17-/m0/s1. The molecule has 142 valence electrons. The number of nitrogens with one attached hydrogen (secondary N) is 2. The highest BCUT2D eigenvalue weighted by Gasteiger charge is 2.35. The summed E-state index contributed by atoms with van der Waals surface area (Å²) in [7, 11) is 1.67. The van der Waals surface area contributed by atoms with Gasteiger partial charge < -0.3 is 14.5 Å². The molecule has 3 rings (SSSR count). The molecule has 1 saturated heterocycles. The molecule has 2 heterocycles. The number of benzene rings is 1. The predicted molar refractivity (Wildman–Crippen MR) is 94.5 cm³/mol. The van der Waals surface area contributed by atoms with Crippen molar-refractivity contribution in [3.05, 3.63) is 41.5 Å². The van der Waals surface area contributed by atoms with Gasteiger partial charge in [-0.25, -0.2) is 9.07 Å². The summed E-state index contributed by atoms with van der Waals surface area (Å²) in [5.41, 5.74) is 1.05. The van der Waals surface area contributed by atoms with Crippen LogP contribution in [0.2, 0.25) is 0 Å². The fourth-order valence-corrected chi connectivity index (χ4v) is 3.79. The van der Waals surface area contributed by atoms with Crippen LogP contribution in [0.3, 0.4) is 0 Å². The van der Waals surface area contributed by atoms with E-state index in [1.807, 2.05) is 16.8 Å². The number of ether oxygens (including phenoxy) is 1. The van der Waals surface area contributed by atoms with Crippen molar-refractivity contribution >= 4 is 0 Å². The maximum Gasteiger partial charge on any atom is 0.214 e. The van der Waals surface area contributed by atoms with E-state index in [4.69, 9.17) is 4.74 Å². The highest BCUT2D eigenvalue weighted by molar-refractivity contribution is 5.23. The number of piperazine rings is 1. The smallest absolute Gasteiger partial charge is 0.214 e. The Balaban J connectivity index is 1.86. The zero-order valence-corrected chi connectivity index (χ0v) is 15.6. The number of aromatic nitrogens is 4. The Hall–Kier alpha value is -1.90. The second-order valence-corrected chi connectivity index (χ2v) is 6.90. The summed E-state index contributed by atoms with van der Waals surface area (Å²) >= 11 is 0. The van der Waals surface area contributed by atoms with Crippen molar-refractivity contribution in [2.45, 2.75) is 25.9 Å². The average Bonchev–Trinajstić information content (AvgIpc) is 3.11. The van der Waals surface area contributed by atoms with Crippen LogP contribution in [-0.2, 0) is 11.3 Å². The van der Waals surface area contributed by atoms with E-state index in [2.05, 4.69) is 22.4 Å². The van der Waals surface area contributed by atoms with E-state index in [0.29, 0.717) is 13.2 Å². The van der Waals surface area contributed by atoms with Crippen molar-refractivity contribution in [3.63, 3.8) is 0 Å². The van der Waals surface area contributed by atoms with E-state index >= 15 is 0 Å². The fourth-order valence-electron chi connectivity index (χ4n) is 3.79. The van der Waals surface area contributed by atoms with Crippen LogP contribution in [0.5, 0.6) is 0 Å². The number of hydrogen-bond acceptors (Lipinski definition) is 4. The fraction of sp³-hybridized carbons (Fsp3) is 0.611. The number of halogens is 1. The van der Waals surface area contributed by atoms with Gasteiger partial charge >= 0.3 is 0 Å². The van der Waals surface area contributed by atoms with Gasteiger partial charge in [0.05, 0.1) is 19.7 Å². The third kappa shape index (κ3) is 4.44. The lowest BCUT2D eigenvalue weighted by Crippen LogP contribution is -3.28. The Labute approximate surface area is 153 Å². The lowest BCUT2D eigenvalue weighted by atomic mass is 10.0. The van der Waals surface area contributed by atoms with E-state index < -0.39 is 0 Å². The number of nitrogens with zero attached hydrogens (tertiary/aromatic N) is 4. The van der Waals surface area contributed by atoms with Crippen LogP contribution in [0.25, 0.3) is 0 Å². The van der Waals surface area contributed by atoms with Crippen LogP contribution in [0.15, 0.2) is 24.3 Å². The maximum absolute atomic E-state index is 13.4. The van der Waals surface area contributed by atoms with E-state index in [1.54, 1.807) is 12.0 Å². The molecule has 1 atom stereocenters. The minimum absolute atomic E-state index is 0.00522. The third-order valence-corrected chi connectivity index (χ3v) is 5.14. The van der Waals surface area contributed by atoms with Gasteiger partial charge in [-0.15, -0.1) is 5.10 Å². The van der Waals surface area contributed by atoms with Crippen molar-refractivity contribution in [2.24, 2.45) is 0 Å². The summed E-state index contributed by atoms with van der Waals surface area (Å²) in [6, 6.07) is 6.75. The van der Waals surface area contributed by atoms with Crippen molar-refractivity contribution in [1.82, 2.24) is 20.2 Å². The number of tetrazole rings is 1. The van der Waals surface area contributed by atoms with Crippen LogP contribution in [0, 0.1) is 5.82 Å². The lowest BCUT2D eigenvalue weighted by molar-refractivity contribution is -1.02. The van der Waals surface area contributed by atoms with Crippen LogP contribution in [0.1, 0.15) is 30.8 Å². The molecule has 0 aliphatic carbocycles. The summed E-state index contributed by atoms with van der Waals surface area (Å²) < 4.78 is 20.4. The van der Waals surface area contributed by atoms with Gasteiger partial charge in [0, 0.05) is 12.7 Å². The lowest BCUT2D eigenvalue weighted by Gasteiger charge is -2.34. The first-order valence-electron chi connectivity index (χ1n) is 9.41. The van der Waals surface area contributed by atoms with Gasteiger partial charge in [-0.05, 0) is 41.1 Å². The van der Waals surface area contributed by atoms with Gasteiger partial charge in [0.25, 0.3) is 0 Å². The third-order valence-electron chi connectivity index (χ3n) is 5.14. The molecule has 0 spiro atoms. The Morgan fingerprint density at radius 3 is 2.58 bits per heavy atom. The number of rotatable bonds is 8. The highest BCUT2D eigenvalue weighted by Crippen LogP contribution is 2.17. The molecule has 0 unspecified atom stereocenters. The predicted octanol–water partition coefficient (Wildman–Crippen LogP) is -1.26. The van der Waals surface area contributed by atoms with Gasteiger partial charge in [-0.3, -0.25) is 0 Å². The number of quaternary nitrogens is 2. The van der Waals surface area contributed by atoms with Gasteiger partial charge in [0.2, 0.25) is 5.82 Å². The molecule has 2 N–H and O–H groups in total. The van der Waals surface area contributed by atoms with E-state index in [1.165, 1.54) is 30.0 Å². The molecule has 1 aromatic heterocycles. The summed E-state index contributed by atoms with van der Waals surface area (Å²) in [5, 5.41) is 12.4. The molecule has 0 amide bonds. The van der Waals surface area contributed by atoms with Crippen LogP contribution >= 0.6 is 0 Å². The quantitative estimate of drug-likeness (QED) is 0.614. The monoisotopic (exact) mass is 364 g/mol. The average molecular weight is 364 g/mol. The number of hydrogen-bond donors (Lipinski definition) is 2. The molecule has 1 aromatic carbocycles. The SMILES string of the molecule is CCC[NH+]1CC[NH+]([C@@H](c2ccc(F)cc2)c2nnnn2CCOC)CC1. The van der Waals surface area contributed by atoms with Crippen molar-refractivity contribution in [2.75, 3.05) is 46.4 Å². The summed E-state index contributed by atoms with van der Waals surface area (Å²) in [6.07, 6.45) is 1.21. The van der Waals surface area contributed by atoms with Crippen molar-refractivity contribution in [1.29, 1.82) is 0 Å². The molecule has 0 bridgehead atoms. The minimum Gasteiger partial charge on any atom is -0.383 e. The van der Waals surface area contributed by atoms with Crippen molar-refractivity contribution < 1.29 is 18.9 Å². The van der Waals surface area contributed by atoms with Gasteiger partial charge in [0.1, 0.15) is 32.0 Å². The molecular formula is C18H29FN6O+2. The Morgan fingerprint density at radius 2 is 1.92 bits per heavy atom. The van der Waals surface area contributed by atoms with E-state index in [0.717, 1.165) is 37.6 Å². The van der Waals surface area contributed by atoms with Crippen molar-refractivity contribution in [3.8, 4) is 0 Å². The van der Waals surface area contributed by atoms with Crippen LogP contribution < -0.4 is 9.80 Å². The number of methoxy groups -OCH3 is 1. The highest BCUT2D eigenvalue weighted by atomic mass is 19.1. The topological polar surface area (TPSA) is 61.7 Å². The zero-order valence-electron chi connectivity index (χ0n) is 15.6. The molecule has 7 nitrogen and oxygen atoms in total. The Morgan fingerprint density at radius 1 is 1.19 bits per heavy atom. The molecule has 26 heavy (non-hydrogen) atoms. The molecular weight excluding hydrogens is 335 g/mol.